The van der Waals surface area contributed by atoms with E-state index in [4.69, 9.17) is 5.26 Å². The van der Waals surface area contributed by atoms with Gasteiger partial charge >= 0.3 is 0 Å². The van der Waals surface area contributed by atoms with Gasteiger partial charge in [-0.25, -0.2) is 4.39 Å². The number of benzene rings is 2. The maximum absolute atomic E-state index is 13.0. The second-order valence-corrected chi connectivity index (χ2v) is 4.83. The van der Waals surface area contributed by atoms with Crippen molar-refractivity contribution in [3.05, 3.63) is 71.0 Å². The Morgan fingerprint density at radius 3 is 2.62 bits per heavy atom. The number of aliphatic hydroxyl groups is 1. The van der Waals surface area contributed by atoms with Crippen molar-refractivity contribution in [3.8, 4) is 6.07 Å². The van der Waals surface area contributed by atoms with Crippen LogP contribution >= 0.6 is 0 Å². The lowest BCUT2D eigenvalue weighted by Gasteiger charge is -2.12. The maximum Gasteiger partial charge on any atom is 0.123 e. The lowest BCUT2D eigenvalue weighted by Crippen LogP contribution is -2.23. The molecule has 3 nitrogen and oxygen atoms in total. The van der Waals surface area contributed by atoms with Crippen LogP contribution < -0.4 is 5.32 Å². The van der Waals surface area contributed by atoms with Crippen LogP contribution in [0.25, 0.3) is 0 Å². The second-order valence-electron chi connectivity index (χ2n) is 4.83. The Hall–Kier alpha value is -2.22. The average molecular weight is 284 g/mol. The number of nitrogens with zero attached hydrogens (tertiary/aromatic N) is 1. The van der Waals surface area contributed by atoms with E-state index in [0.717, 1.165) is 11.1 Å². The van der Waals surface area contributed by atoms with E-state index in [1.807, 2.05) is 12.1 Å². The van der Waals surface area contributed by atoms with Gasteiger partial charge in [0.1, 0.15) is 5.82 Å². The molecule has 108 valence electrons. The molecule has 0 aromatic heterocycles. The van der Waals surface area contributed by atoms with Crippen LogP contribution in [0.2, 0.25) is 0 Å². The van der Waals surface area contributed by atoms with Gasteiger partial charge in [0.2, 0.25) is 0 Å². The molecule has 2 rings (SSSR count). The third-order valence-corrected chi connectivity index (χ3v) is 3.24. The molecule has 1 atom stereocenters. The molecular weight excluding hydrogens is 267 g/mol. The lowest BCUT2D eigenvalue weighted by molar-refractivity contribution is 0.175. The third kappa shape index (κ3) is 4.67. The van der Waals surface area contributed by atoms with Gasteiger partial charge in [-0.15, -0.1) is 0 Å². The Balaban J connectivity index is 1.76. The maximum atomic E-state index is 13.0. The summed E-state index contributed by atoms with van der Waals surface area (Å²) in [5.41, 5.74) is 2.27. The molecule has 2 aromatic carbocycles. The van der Waals surface area contributed by atoms with E-state index in [-0.39, 0.29) is 5.82 Å². The minimum atomic E-state index is -0.620. The second kappa shape index (κ2) is 7.53. The zero-order chi connectivity index (χ0) is 15.1. The fourth-order valence-electron chi connectivity index (χ4n) is 2.06. The molecule has 0 heterocycles. The summed E-state index contributed by atoms with van der Waals surface area (Å²) in [5.74, 6) is -0.231. The van der Waals surface area contributed by atoms with Crippen molar-refractivity contribution >= 4 is 0 Å². The number of nitrogens with one attached hydrogen (secondary N) is 1. The highest BCUT2D eigenvalue weighted by atomic mass is 19.1. The first-order valence-corrected chi connectivity index (χ1v) is 6.82. The fourth-order valence-corrected chi connectivity index (χ4v) is 2.06. The standard InChI is InChI=1S/C17H17FN2O/c18-16-3-1-2-13(10-16)8-9-20-12-17(21)15-6-4-14(11-19)5-7-15/h1-7,10,17,20-21H,8-9,12H2. The van der Waals surface area contributed by atoms with E-state index in [9.17, 15) is 9.50 Å². The fraction of sp³-hybridized carbons (Fsp3) is 0.235. The smallest absolute Gasteiger partial charge is 0.123 e. The number of hydrogen-bond acceptors (Lipinski definition) is 3. The Bertz CT molecular complexity index is 619. The average Bonchev–Trinajstić information content (AvgIpc) is 2.51. The summed E-state index contributed by atoms with van der Waals surface area (Å²) < 4.78 is 13.0. The quantitative estimate of drug-likeness (QED) is 0.802. The van der Waals surface area contributed by atoms with Gasteiger partial charge in [-0.05, 0) is 48.4 Å². The van der Waals surface area contributed by atoms with Crippen LogP contribution in [0.3, 0.4) is 0 Å². The molecule has 0 aliphatic heterocycles. The van der Waals surface area contributed by atoms with Crippen molar-refractivity contribution in [2.75, 3.05) is 13.1 Å². The van der Waals surface area contributed by atoms with E-state index >= 15 is 0 Å². The first-order valence-electron chi connectivity index (χ1n) is 6.82. The molecule has 0 spiro atoms. The van der Waals surface area contributed by atoms with Gasteiger partial charge in [0.15, 0.2) is 0 Å². The van der Waals surface area contributed by atoms with Crippen molar-refractivity contribution < 1.29 is 9.50 Å². The number of hydrogen-bond donors (Lipinski definition) is 2. The summed E-state index contributed by atoms with van der Waals surface area (Å²) in [6.07, 6.45) is 0.0861. The van der Waals surface area contributed by atoms with E-state index in [1.54, 1.807) is 30.3 Å². The van der Waals surface area contributed by atoms with Gasteiger partial charge in [0.25, 0.3) is 0 Å². The molecule has 0 amide bonds. The summed E-state index contributed by atoms with van der Waals surface area (Å²) >= 11 is 0. The molecule has 2 N–H and O–H groups in total. The van der Waals surface area contributed by atoms with Gasteiger partial charge < -0.3 is 10.4 Å². The van der Waals surface area contributed by atoms with Crippen LogP contribution in [0.4, 0.5) is 4.39 Å². The highest BCUT2D eigenvalue weighted by Crippen LogP contribution is 2.12. The first-order chi connectivity index (χ1) is 10.2. The monoisotopic (exact) mass is 284 g/mol. The SMILES string of the molecule is N#Cc1ccc(C(O)CNCCc2cccc(F)c2)cc1. The topological polar surface area (TPSA) is 56.0 Å². The summed E-state index contributed by atoms with van der Waals surface area (Å²) in [4.78, 5) is 0. The molecule has 0 fully saturated rings. The van der Waals surface area contributed by atoms with Crippen LogP contribution in [0.1, 0.15) is 22.8 Å². The third-order valence-electron chi connectivity index (χ3n) is 3.24. The molecule has 2 aromatic rings. The lowest BCUT2D eigenvalue weighted by atomic mass is 10.1. The van der Waals surface area contributed by atoms with E-state index in [1.165, 1.54) is 12.1 Å². The summed E-state index contributed by atoms with van der Waals surface area (Å²) in [7, 11) is 0. The van der Waals surface area contributed by atoms with Crippen molar-refractivity contribution in [2.45, 2.75) is 12.5 Å². The van der Waals surface area contributed by atoms with Crippen LogP contribution in [-0.2, 0) is 6.42 Å². The van der Waals surface area contributed by atoms with Crippen LogP contribution in [-0.4, -0.2) is 18.2 Å². The predicted octanol–water partition coefficient (Wildman–Crippen LogP) is 2.56. The van der Waals surface area contributed by atoms with Crippen molar-refractivity contribution in [1.82, 2.24) is 5.32 Å². The molecule has 0 radical (unpaired) electrons. The molecule has 1 unspecified atom stereocenters. The van der Waals surface area contributed by atoms with Gasteiger partial charge in [-0.3, -0.25) is 0 Å². The Labute approximate surface area is 123 Å². The summed E-state index contributed by atoms with van der Waals surface area (Å²) in [6.45, 7) is 1.08. The summed E-state index contributed by atoms with van der Waals surface area (Å²) in [6, 6.07) is 15.4. The van der Waals surface area contributed by atoms with Crippen molar-refractivity contribution in [1.29, 1.82) is 5.26 Å². The minimum Gasteiger partial charge on any atom is -0.387 e. The Morgan fingerprint density at radius 2 is 1.95 bits per heavy atom. The molecule has 0 aliphatic carbocycles. The van der Waals surface area contributed by atoms with Crippen molar-refractivity contribution in [3.63, 3.8) is 0 Å². The van der Waals surface area contributed by atoms with Crippen LogP contribution in [0.15, 0.2) is 48.5 Å². The molecular formula is C17H17FN2O. The van der Waals surface area contributed by atoms with Crippen molar-refractivity contribution in [2.24, 2.45) is 0 Å². The largest absolute Gasteiger partial charge is 0.387 e. The highest BCUT2D eigenvalue weighted by Gasteiger charge is 2.06. The minimum absolute atomic E-state index is 0.231. The van der Waals surface area contributed by atoms with Gasteiger partial charge in [0.05, 0.1) is 17.7 Å². The molecule has 4 heteroatoms. The van der Waals surface area contributed by atoms with E-state index in [2.05, 4.69) is 5.32 Å². The van der Waals surface area contributed by atoms with Crippen LogP contribution in [0.5, 0.6) is 0 Å². The first kappa shape index (κ1) is 15.2. The zero-order valence-corrected chi connectivity index (χ0v) is 11.6. The molecule has 0 saturated heterocycles. The molecule has 0 aliphatic rings. The zero-order valence-electron chi connectivity index (χ0n) is 11.6. The van der Waals surface area contributed by atoms with Gasteiger partial charge in [-0.2, -0.15) is 5.26 Å². The number of rotatable bonds is 6. The molecule has 0 saturated carbocycles. The van der Waals surface area contributed by atoms with E-state index < -0.39 is 6.10 Å². The highest BCUT2D eigenvalue weighted by molar-refractivity contribution is 5.32. The molecule has 21 heavy (non-hydrogen) atoms. The normalized spacial score (nSPS) is 11.9. The Morgan fingerprint density at radius 1 is 1.19 bits per heavy atom. The van der Waals surface area contributed by atoms with Crippen LogP contribution in [0, 0.1) is 17.1 Å². The number of halogens is 1. The Kier molecular flexibility index (Phi) is 5.44. The molecule has 0 bridgehead atoms. The van der Waals surface area contributed by atoms with E-state index in [0.29, 0.717) is 25.1 Å². The van der Waals surface area contributed by atoms with Gasteiger partial charge in [-0.1, -0.05) is 24.3 Å². The predicted molar refractivity (Wildman–Crippen MR) is 79.1 cm³/mol. The van der Waals surface area contributed by atoms with Gasteiger partial charge in [0, 0.05) is 6.54 Å². The summed E-state index contributed by atoms with van der Waals surface area (Å²) in [5, 5.41) is 21.9. The number of nitriles is 1. The number of aliphatic hydroxyl groups excluding tert-OH is 1.